The van der Waals surface area contributed by atoms with E-state index in [0.29, 0.717) is 12.5 Å². The van der Waals surface area contributed by atoms with Crippen molar-refractivity contribution in [2.75, 3.05) is 13.1 Å². The molecular formula is C17H22F5NO. The van der Waals surface area contributed by atoms with E-state index >= 15 is 0 Å². The Labute approximate surface area is 138 Å². The molecule has 0 saturated carbocycles. The number of alkyl halides is 5. The first-order chi connectivity index (χ1) is 11.1. The van der Waals surface area contributed by atoms with Crippen LogP contribution in [-0.2, 0) is 6.54 Å². The smallest absolute Gasteiger partial charge is 0.426 e. The van der Waals surface area contributed by atoms with E-state index < -0.39 is 18.0 Å². The number of halogens is 5. The summed E-state index contributed by atoms with van der Waals surface area (Å²) in [5.74, 6) is 0.889. The zero-order chi connectivity index (χ0) is 18.0. The predicted octanol–water partition coefficient (Wildman–Crippen LogP) is 5.09. The summed E-state index contributed by atoms with van der Waals surface area (Å²) in [4.78, 5) is 2.26. The summed E-state index contributed by atoms with van der Waals surface area (Å²) in [5.41, 5.74) is 0.862. The van der Waals surface area contributed by atoms with Crippen LogP contribution < -0.4 is 4.74 Å². The number of nitrogens with zero attached hydrogens (tertiary/aromatic N) is 1. The molecule has 0 atom stereocenters. The van der Waals surface area contributed by atoms with Crippen LogP contribution in [0.4, 0.5) is 22.0 Å². The van der Waals surface area contributed by atoms with Crippen LogP contribution in [0.2, 0.25) is 0 Å². The van der Waals surface area contributed by atoms with Crippen molar-refractivity contribution in [2.24, 2.45) is 11.8 Å². The summed E-state index contributed by atoms with van der Waals surface area (Å²) in [6.07, 6.45) is -8.67. The molecule has 0 bridgehead atoms. The molecule has 2 nitrogen and oxygen atoms in total. The summed E-state index contributed by atoms with van der Waals surface area (Å²) < 4.78 is 65.8. The van der Waals surface area contributed by atoms with E-state index in [1.54, 1.807) is 0 Å². The lowest BCUT2D eigenvalue weighted by Crippen LogP contribution is -2.41. The molecule has 0 N–H and O–H groups in total. The first-order valence-electron chi connectivity index (χ1n) is 8.03. The minimum atomic E-state index is -5.73. The van der Waals surface area contributed by atoms with E-state index in [9.17, 15) is 22.0 Å². The van der Waals surface area contributed by atoms with Gasteiger partial charge in [-0.15, -0.1) is 0 Å². The number of hydrogen-bond donors (Lipinski definition) is 0. The molecule has 0 unspecified atom stereocenters. The number of rotatable bonds is 5. The van der Waals surface area contributed by atoms with Crippen molar-refractivity contribution in [3.8, 4) is 5.75 Å². The van der Waals surface area contributed by atoms with Crippen molar-refractivity contribution >= 4 is 0 Å². The Kier molecular flexibility index (Phi) is 5.73. The van der Waals surface area contributed by atoms with Gasteiger partial charge in [0, 0.05) is 6.54 Å². The summed E-state index contributed by atoms with van der Waals surface area (Å²) in [6, 6.07) is 5.35. The Morgan fingerprint density at radius 2 is 1.58 bits per heavy atom. The second kappa shape index (κ2) is 7.25. The number of likely N-dealkylation sites (tertiary alicyclic amines) is 1. The molecule has 0 aromatic heterocycles. The number of hydrogen-bond acceptors (Lipinski definition) is 2. The molecule has 24 heavy (non-hydrogen) atoms. The van der Waals surface area contributed by atoms with Gasteiger partial charge in [0.2, 0.25) is 0 Å². The maximum absolute atomic E-state index is 12.8. The van der Waals surface area contributed by atoms with E-state index in [4.69, 9.17) is 0 Å². The van der Waals surface area contributed by atoms with Gasteiger partial charge < -0.3 is 4.74 Å². The Balaban J connectivity index is 1.89. The van der Waals surface area contributed by atoms with Crippen LogP contribution >= 0.6 is 0 Å². The zero-order valence-corrected chi connectivity index (χ0v) is 13.7. The molecular weight excluding hydrogens is 329 g/mol. The number of ether oxygens (including phenoxy) is 1. The quantitative estimate of drug-likeness (QED) is 0.685. The molecule has 2 rings (SSSR count). The lowest BCUT2D eigenvalue weighted by atomic mass is 9.86. The second-order valence-corrected chi connectivity index (χ2v) is 6.62. The average molecular weight is 351 g/mol. The van der Waals surface area contributed by atoms with Crippen LogP contribution in [0.15, 0.2) is 24.3 Å². The highest BCUT2D eigenvalue weighted by Gasteiger charge is 2.61. The maximum Gasteiger partial charge on any atom is 0.499 e. The van der Waals surface area contributed by atoms with E-state index in [0.717, 1.165) is 49.5 Å². The third kappa shape index (κ3) is 4.82. The molecule has 1 saturated heterocycles. The van der Waals surface area contributed by atoms with Crippen molar-refractivity contribution < 1.29 is 26.7 Å². The monoisotopic (exact) mass is 351 g/mol. The molecule has 1 aromatic rings. The van der Waals surface area contributed by atoms with Crippen molar-refractivity contribution in [2.45, 2.75) is 45.5 Å². The maximum atomic E-state index is 12.8. The minimum absolute atomic E-state index is 0.500. The lowest BCUT2D eigenvalue weighted by Gasteiger charge is -2.33. The Hall–Kier alpha value is -1.37. The van der Waals surface area contributed by atoms with Gasteiger partial charge in [0.15, 0.2) is 0 Å². The standard InChI is InChI=1S/C17H22F5NO/c1-12(2)14-7-9-23(10-8-14)11-13-3-5-15(6-4-13)24-17(21,22)16(18,19)20/h3-6,12,14H,7-11H2,1-2H3. The van der Waals surface area contributed by atoms with E-state index in [-0.39, 0.29) is 0 Å². The van der Waals surface area contributed by atoms with Gasteiger partial charge in [-0.3, -0.25) is 4.90 Å². The van der Waals surface area contributed by atoms with Gasteiger partial charge in [0.05, 0.1) is 0 Å². The SMILES string of the molecule is CC(C)C1CCN(Cc2ccc(OC(F)(F)C(F)(F)F)cc2)CC1. The highest BCUT2D eigenvalue weighted by Crippen LogP contribution is 2.37. The molecule has 0 spiro atoms. The molecule has 1 fully saturated rings. The first-order valence-corrected chi connectivity index (χ1v) is 8.03. The van der Waals surface area contributed by atoms with Gasteiger partial charge in [-0.25, -0.2) is 0 Å². The molecule has 136 valence electrons. The van der Waals surface area contributed by atoms with Crippen molar-refractivity contribution in [1.29, 1.82) is 0 Å². The van der Waals surface area contributed by atoms with E-state index in [1.165, 1.54) is 12.1 Å². The molecule has 7 heteroatoms. The van der Waals surface area contributed by atoms with Gasteiger partial charge >= 0.3 is 12.3 Å². The van der Waals surface area contributed by atoms with Gasteiger partial charge in [-0.05, 0) is 55.5 Å². The van der Waals surface area contributed by atoms with Gasteiger partial charge in [0.1, 0.15) is 5.75 Å². The van der Waals surface area contributed by atoms with Crippen molar-refractivity contribution in [3.05, 3.63) is 29.8 Å². The molecule has 1 aromatic carbocycles. The van der Waals surface area contributed by atoms with Crippen LogP contribution in [0.1, 0.15) is 32.3 Å². The lowest BCUT2D eigenvalue weighted by molar-refractivity contribution is -0.360. The van der Waals surface area contributed by atoms with Gasteiger partial charge in [0.25, 0.3) is 0 Å². The second-order valence-electron chi connectivity index (χ2n) is 6.62. The molecule has 1 aliphatic rings. The third-order valence-electron chi connectivity index (χ3n) is 4.48. The highest BCUT2D eigenvalue weighted by molar-refractivity contribution is 5.27. The molecule has 1 heterocycles. The van der Waals surface area contributed by atoms with Crippen LogP contribution in [0.3, 0.4) is 0 Å². The number of piperidine rings is 1. The Bertz CT molecular complexity index is 519. The predicted molar refractivity (Wildman–Crippen MR) is 80.9 cm³/mol. The fraction of sp³-hybridized carbons (Fsp3) is 0.647. The molecule has 0 radical (unpaired) electrons. The fourth-order valence-corrected chi connectivity index (χ4v) is 2.90. The minimum Gasteiger partial charge on any atom is -0.426 e. The van der Waals surface area contributed by atoms with E-state index in [1.807, 2.05) is 0 Å². The Morgan fingerprint density at radius 3 is 2.04 bits per heavy atom. The molecule has 0 aliphatic carbocycles. The topological polar surface area (TPSA) is 12.5 Å². The average Bonchev–Trinajstić information content (AvgIpc) is 2.48. The van der Waals surface area contributed by atoms with Crippen molar-refractivity contribution in [3.63, 3.8) is 0 Å². The molecule has 0 amide bonds. The summed E-state index contributed by atoms with van der Waals surface area (Å²) in [6.45, 7) is 7.02. The molecule has 1 aliphatic heterocycles. The summed E-state index contributed by atoms with van der Waals surface area (Å²) >= 11 is 0. The van der Waals surface area contributed by atoms with Gasteiger partial charge in [-0.1, -0.05) is 26.0 Å². The fourth-order valence-electron chi connectivity index (χ4n) is 2.90. The van der Waals surface area contributed by atoms with E-state index in [2.05, 4.69) is 23.5 Å². The van der Waals surface area contributed by atoms with Crippen LogP contribution in [0.25, 0.3) is 0 Å². The van der Waals surface area contributed by atoms with Crippen LogP contribution in [-0.4, -0.2) is 30.3 Å². The zero-order valence-electron chi connectivity index (χ0n) is 13.7. The van der Waals surface area contributed by atoms with Crippen LogP contribution in [0.5, 0.6) is 5.75 Å². The summed E-state index contributed by atoms with van der Waals surface area (Å²) in [7, 11) is 0. The van der Waals surface area contributed by atoms with Crippen LogP contribution in [0, 0.1) is 11.8 Å². The van der Waals surface area contributed by atoms with Gasteiger partial charge in [-0.2, -0.15) is 22.0 Å². The number of benzene rings is 1. The first kappa shape index (κ1) is 19.0. The highest BCUT2D eigenvalue weighted by atomic mass is 19.4. The normalized spacial score (nSPS) is 18.2. The summed E-state index contributed by atoms with van der Waals surface area (Å²) in [5, 5.41) is 0. The third-order valence-corrected chi connectivity index (χ3v) is 4.48. The van der Waals surface area contributed by atoms with Crippen molar-refractivity contribution in [1.82, 2.24) is 4.90 Å². The Morgan fingerprint density at radius 1 is 1.04 bits per heavy atom. The largest absolute Gasteiger partial charge is 0.499 e.